The molecule has 0 unspecified atom stereocenters. The Kier molecular flexibility index (Phi) is 8.68. The van der Waals surface area contributed by atoms with Gasteiger partial charge in [0.2, 0.25) is 0 Å². The number of benzene rings is 1. The quantitative estimate of drug-likeness (QED) is 0.394. The van der Waals surface area contributed by atoms with Crippen molar-refractivity contribution in [2.24, 2.45) is 0 Å². The monoisotopic (exact) mass is 509 g/mol. The molecule has 2 amide bonds. The van der Waals surface area contributed by atoms with Crippen molar-refractivity contribution < 1.29 is 13.2 Å². The normalized spacial score (nSPS) is 12.0. The first-order chi connectivity index (χ1) is 17.1. The number of amides is 2. The van der Waals surface area contributed by atoms with Gasteiger partial charge in [-0.15, -0.1) is 0 Å². The molecule has 0 saturated carbocycles. The highest BCUT2D eigenvalue weighted by atomic mass is 32.2. The highest BCUT2D eigenvalue weighted by molar-refractivity contribution is 7.93. The standard InChI is InChI=1S/C27H35N5O3S/c1-7-23(14-9-18(3)4)36(34,35)31-27(33)28-16-15-21-10-12-22(13-11-21)32-24(8-2)30-25-19(5)17-20(6)29-26(25)32/h9-14,17H,7-8,15-16H2,1-6H3,(H2,28,31,33)/b23-14+. The van der Waals surface area contributed by atoms with E-state index in [9.17, 15) is 13.2 Å². The molecule has 3 rings (SSSR count). The Balaban J connectivity index is 1.66. The topological polar surface area (TPSA) is 106 Å². The Labute approximate surface area is 213 Å². The van der Waals surface area contributed by atoms with Gasteiger partial charge in [0.25, 0.3) is 10.0 Å². The number of carbonyl (C=O) groups is 1. The second-order valence-electron chi connectivity index (χ2n) is 8.98. The van der Waals surface area contributed by atoms with Crippen LogP contribution in [0.25, 0.3) is 16.9 Å². The third-order valence-corrected chi connectivity index (χ3v) is 7.31. The van der Waals surface area contributed by atoms with Crippen LogP contribution in [-0.2, 0) is 22.9 Å². The number of aromatic nitrogens is 3. The molecule has 0 saturated heterocycles. The van der Waals surface area contributed by atoms with Gasteiger partial charge in [-0.25, -0.2) is 27.9 Å². The van der Waals surface area contributed by atoms with E-state index in [4.69, 9.17) is 9.97 Å². The number of hydrogen-bond donors (Lipinski definition) is 2. The van der Waals surface area contributed by atoms with Crippen molar-refractivity contribution in [2.45, 2.75) is 60.8 Å². The molecule has 8 nitrogen and oxygen atoms in total. The largest absolute Gasteiger partial charge is 0.337 e. The number of allylic oxidation sites excluding steroid dienone is 4. The molecule has 0 fully saturated rings. The predicted octanol–water partition coefficient (Wildman–Crippen LogP) is 5.03. The number of nitrogens with zero attached hydrogens (tertiary/aromatic N) is 3. The molecule has 0 spiro atoms. The minimum atomic E-state index is -3.88. The van der Waals surface area contributed by atoms with Crippen molar-refractivity contribution in [2.75, 3.05) is 6.54 Å². The predicted molar refractivity (Wildman–Crippen MR) is 145 cm³/mol. The van der Waals surface area contributed by atoms with Crippen molar-refractivity contribution in [3.63, 3.8) is 0 Å². The lowest BCUT2D eigenvalue weighted by Crippen LogP contribution is -2.40. The zero-order chi connectivity index (χ0) is 26.5. The van der Waals surface area contributed by atoms with Crippen LogP contribution >= 0.6 is 0 Å². The summed E-state index contributed by atoms with van der Waals surface area (Å²) in [5.41, 5.74) is 6.78. The number of fused-ring (bicyclic) bond motifs is 1. The number of urea groups is 1. The minimum absolute atomic E-state index is 0.160. The molecule has 1 aromatic carbocycles. The first-order valence-corrected chi connectivity index (χ1v) is 13.6. The van der Waals surface area contributed by atoms with Crippen molar-refractivity contribution in [1.29, 1.82) is 0 Å². The summed E-state index contributed by atoms with van der Waals surface area (Å²) >= 11 is 0. The van der Waals surface area contributed by atoms with Crippen LogP contribution in [0.5, 0.6) is 0 Å². The van der Waals surface area contributed by atoms with Gasteiger partial charge in [0.05, 0.1) is 4.91 Å². The molecular formula is C27H35N5O3S. The van der Waals surface area contributed by atoms with Gasteiger partial charge < -0.3 is 5.32 Å². The van der Waals surface area contributed by atoms with E-state index in [1.54, 1.807) is 13.0 Å². The van der Waals surface area contributed by atoms with Crippen LogP contribution in [-0.4, -0.2) is 35.5 Å². The van der Waals surface area contributed by atoms with Gasteiger partial charge in [0.1, 0.15) is 11.3 Å². The third kappa shape index (κ3) is 6.40. The Morgan fingerprint density at radius 2 is 1.75 bits per heavy atom. The Morgan fingerprint density at radius 1 is 1.06 bits per heavy atom. The number of rotatable bonds is 9. The van der Waals surface area contributed by atoms with E-state index < -0.39 is 16.1 Å². The zero-order valence-corrected chi connectivity index (χ0v) is 22.7. The van der Waals surface area contributed by atoms with Gasteiger partial charge in [-0.2, -0.15) is 0 Å². The molecule has 2 aromatic heterocycles. The zero-order valence-electron chi connectivity index (χ0n) is 21.8. The molecule has 0 radical (unpaired) electrons. The van der Waals surface area contributed by atoms with Crippen LogP contribution in [0, 0.1) is 13.8 Å². The van der Waals surface area contributed by atoms with Gasteiger partial charge >= 0.3 is 6.03 Å². The van der Waals surface area contributed by atoms with Crippen LogP contribution in [0.15, 0.2) is 53.0 Å². The van der Waals surface area contributed by atoms with Crippen LogP contribution in [0.3, 0.4) is 0 Å². The molecule has 0 aliphatic heterocycles. The van der Waals surface area contributed by atoms with E-state index in [1.165, 1.54) is 6.08 Å². The molecular weight excluding hydrogens is 474 g/mol. The molecule has 192 valence electrons. The van der Waals surface area contributed by atoms with Crippen molar-refractivity contribution in [3.8, 4) is 5.69 Å². The molecule has 3 aromatic rings. The molecule has 0 aliphatic carbocycles. The van der Waals surface area contributed by atoms with Gasteiger partial charge in [0, 0.05) is 24.3 Å². The number of nitrogens with one attached hydrogen (secondary N) is 2. The number of aryl methyl sites for hydroxylation is 3. The number of sulfonamides is 1. The molecule has 2 N–H and O–H groups in total. The van der Waals surface area contributed by atoms with E-state index in [2.05, 4.69) is 21.5 Å². The SMILES string of the molecule is CC/C(=C\C=C(C)C)S(=O)(=O)NC(=O)NCCc1ccc(-n2c(CC)nc3c(C)cc(C)nc32)cc1. The summed E-state index contributed by atoms with van der Waals surface area (Å²) in [5.74, 6) is 0.948. The summed E-state index contributed by atoms with van der Waals surface area (Å²) in [5, 5.41) is 2.63. The number of pyridine rings is 1. The molecule has 0 atom stereocenters. The van der Waals surface area contributed by atoms with Gasteiger partial charge in [0.15, 0.2) is 5.65 Å². The summed E-state index contributed by atoms with van der Waals surface area (Å²) in [4.78, 5) is 21.9. The third-order valence-electron chi connectivity index (χ3n) is 5.74. The second-order valence-corrected chi connectivity index (χ2v) is 10.7. The van der Waals surface area contributed by atoms with E-state index >= 15 is 0 Å². The van der Waals surface area contributed by atoms with Gasteiger partial charge in [-0.3, -0.25) is 4.57 Å². The van der Waals surface area contributed by atoms with E-state index in [1.807, 2.05) is 58.0 Å². The van der Waals surface area contributed by atoms with Crippen LogP contribution < -0.4 is 10.0 Å². The smallest absolute Gasteiger partial charge is 0.328 e. The highest BCUT2D eigenvalue weighted by Gasteiger charge is 2.18. The minimum Gasteiger partial charge on any atom is -0.337 e. The van der Waals surface area contributed by atoms with Crippen LogP contribution in [0.2, 0.25) is 0 Å². The first kappa shape index (κ1) is 27.1. The molecule has 36 heavy (non-hydrogen) atoms. The Hall–Kier alpha value is -3.46. The number of imidazole rings is 1. The molecule has 2 heterocycles. The highest BCUT2D eigenvalue weighted by Crippen LogP contribution is 2.24. The summed E-state index contributed by atoms with van der Waals surface area (Å²) < 4.78 is 29.1. The van der Waals surface area contributed by atoms with Crippen LogP contribution in [0.1, 0.15) is 56.8 Å². The first-order valence-electron chi connectivity index (χ1n) is 12.1. The Morgan fingerprint density at radius 3 is 2.36 bits per heavy atom. The van der Waals surface area contributed by atoms with Gasteiger partial charge in [-0.05, 0) is 75.9 Å². The van der Waals surface area contributed by atoms with Gasteiger partial charge in [-0.1, -0.05) is 37.6 Å². The summed E-state index contributed by atoms with van der Waals surface area (Å²) in [6.07, 6.45) is 4.87. The lowest BCUT2D eigenvalue weighted by atomic mass is 10.1. The maximum absolute atomic E-state index is 12.5. The Bertz CT molecular complexity index is 1410. The van der Waals surface area contributed by atoms with E-state index in [-0.39, 0.29) is 4.91 Å². The number of carbonyl (C=O) groups excluding carboxylic acids is 1. The van der Waals surface area contributed by atoms with E-state index in [0.29, 0.717) is 19.4 Å². The average molecular weight is 510 g/mol. The fraction of sp³-hybridized carbons (Fsp3) is 0.370. The van der Waals surface area contributed by atoms with Crippen molar-refractivity contribution >= 4 is 27.2 Å². The molecule has 0 bridgehead atoms. The maximum Gasteiger partial charge on any atom is 0.328 e. The van der Waals surface area contributed by atoms with E-state index in [0.717, 1.165) is 51.5 Å². The fourth-order valence-electron chi connectivity index (χ4n) is 3.93. The molecule has 0 aliphatic rings. The fourth-order valence-corrected chi connectivity index (χ4v) is 5.00. The number of hydrogen-bond acceptors (Lipinski definition) is 5. The summed E-state index contributed by atoms with van der Waals surface area (Å²) in [6, 6.07) is 9.33. The lowest BCUT2D eigenvalue weighted by molar-refractivity contribution is 0.246. The lowest BCUT2D eigenvalue weighted by Gasteiger charge is -2.11. The van der Waals surface area contributed by atoms with Crippen LogP contribution in [0.4, 0.5) is 4.79 Å². The summed E-state index contributed by atoms with van der Waals surface area (Å²) in [6.45, 7) is 11.9. The molecule has 9 heteroatoms. The van der Waals surface area contributed by atoms with Crippen molar-refractivity contribution in [3.05, 3.63) is 75.6 Å². The average Bonchev–Trinajstić information content (AvgIpc) is 3.18. The van der Waals surface area contributed by atoms with Crippen molar-refractivity contribution in [1.82, 2.24) is 24.6 Å². The maximum atomic E-state index is 12.5. The second kappa shape index (κ2) is 11.5. The summed E-state index contributed by atoms with van der Waals surface area (Å²) in [7, 11) is -3.88.